The molecule has 1 saturated heterocycles. The Kier molecular flexibility index (Phi) is 4.55. The fourth-order valence-corrected chi connectivity index (χ4v) is 4.01. The molecule has 7 heteroatoms. The number of carbonyl (C=O) groups excluding carboxylic acids is 1. The third kappa shape index (κ3) is 3.26. The summed E-state index contributed by atoms with van der Waals surface area (Å²) in [7, 11) is 0. The molecule has 4 rings (SSSR count). The first-order chi connectivity index (χ1) is 12.6. The Bertz CT molecular complexity index is 952. The van der Waals surface area contributed by atoms with E-state index in [0.717, 1.165) is 41.7 Å². The van der Waals surface area contributed by atoms with E-state index in [-0.39, 0.29) is 17.8 Å². The minimum Gasteiger partial charge on any atom is -0.348 e. The van der Waals surface area contributed by atoms with Crippen LogP contribution in [0.1, 0.15) is 41.9 Å². The van der Waals surface area contributed by atoms with Crippen molar-refractivity contribution in [3.8, 4) is 0 Å². The highest BCUT2D eigenvalue weighted by Gasteiger charge is 2.24. The summed E-state index contributed by atoms with van der Waals surface area (Å²) in [6.45, 7) is 3.47. The Balaban J connectivity index is 1.66. The zero-order valence-corrected chi connectivity index (χ0v) is 15.2. The van der Waals surface area contributed by atoms with Crippen LogP contribution in [0.25, 0.3) is 10.2 Å². The highest BCUT2D eigenvalue weighted by atomic mass is 32.1. The maximum absolute atomic E-state index is 13.5. The molecule has 2 aromatic heterocycles. The molecule has 1 aliphatic heterocycles. The van der Waals surface area contributed by atoms with Crippen LogP contribution in [0.4, 0.5) is 10.3 Å². The Morgan fingerprint density at radius 3 is 2.85 bits per heavy atom. The smallest absolute Gasteiger partial charge is 0.274 e. The molecule has 0 radical (unpaired) electrons. The van der Waals surface area contributed by atoms with Gasteiger partial charge in [0.05, 0.1) is 16.3 Å². The number of fused-ring (bicyclic) bond motifs is 1. The zero-order valence-electron chi connectivity index (χ0n) is 14.4. The van der Waals surface area contributed by atoms with Gasteiger partial charge in [0.25, 0.3) is 5.91 Å². The second-order valence-electron chi connectivity index (χ2n) is 6.45. The molecular weight excluding hydrogens is 351 g/mol. The molecule has 134 valence electrons. The first-order valence-electron chi connectivity index (χ1n) is 8.68. The summed E-state index contributed by atoms with van der Waals surface area (Å²) in [6.07, 6.45) is 2.07. The molecule has 1 amide bonds. The van der Waals surface area contributed by atoms with E-state index in [0.29, 0.717) is 11.6 Å². The van der Waals surface area contributed by atoms with E-state index >= 15 is 0 Å². The summed E-state index contributed by atoms with van der Waals surface area (Å²) >= 11 is 1.48. The molecule has 1 unspecified atom stereocenters. The third-order valence-electron chi connectivity index (χ3n) is 4.59. The van der Waals surface area contributed by atoms with Crippen molar-refractivity contribution in [2.45, 2.75) is 25.8 Å². The van der Waals surface area contributed by atoms with Gasteiger partial charge < -0.3 is 10.2 Å². The van der Waals surface area contributed by atoms with E-state index in [1.807, 2.05) is 29.3 Å². The van der Waals surface area contributed by atoms with Gasteiger partial charge in [-0.15, -0.1) is 11.3 Å². The normalized spacial score (nSPS) is 15.4. The summed E-state index contributed by atoms with van der Waals surface area (Å²) in [4.78, 5) is 23.8. The number of nitrogens with zero attached hydrogens (tertiary/aromatic N) is 3. The number of hydrogen-bond acceptors (Lipinski definition) is 5. The number of likely N-dealkylation sites (tertiary alicyclic amines) is 1. The Morgan fingerprint density at radius 2 is 2.08 bits per heavy atom. The fourth-order valence-electron chi connectivity index (χ4n) is 3.20. The lowest BCUT2D eigenvalue weighted by molar-refractivity contribution is 0.0789. The van der Waals surface area contributed by atoms with Gasteiger partial charge in [-0.1, -0.05) is 12.1 Å². The summed E-state index contributed by atoms with van der Waals surface area (Å²) in [5.41, 5.74) is 1.99. The molecule has 1 atom stereocenters. The number of thiophene rings is 1. The standard InChI is InChI=1S/C19H19FN4OS/c1-12(13-5-4-6-14(20)11-13)21-19-22-15-7-10-26-17(15)16(23-19)18(25)24-8-2-3-9-24/h4-7,10-12H,2-3,8-9H2,1H3,(H,21,22,23). The minimum atomic E-state index is -0.282. The van der Waals surface area contributed by atoms with Gasteiger partial charge in [-0.3, -0.25) is 4.79 Å². The van der Waals surface area contributed by atoms with Crippen molar-refractivity contribution < 1.29 is 9.18 Å². The maximum atomic E-state index is 13.5. The summed E-state index contributed by atoms with van der Waals surface area (Å²) in [6, 6.07) is 8.12. The Labute approximate surface area is 154 Å². The molecule has 26 heavy (non-hydrogen) atoms. The number of aromatic nitrogens is 2. The quantitative estimate of drug-likeness (QED) is 0.746. The Hall–Kier alpha value is -2.54. The van der Waals surface area contributed by atoms with Gasteiger partial charge in [-0.25, -0.2) is 14.4 Å². The van der Waals surface area contributed by atoms with Gasteiger partial charge in [-0.2, -0.15) is 0 Å². The van der Waals surface area contributed by atoms with E-state index in [2.05, 4.69) is 15.3 Å². The number of amides is 1. The minimum absolute atomic E-state index is 0.0428. The number of nitrogens with one attached hydrogen (secondary N) is 1. The molecule has 5 nitrogen and oxygen atoms in total. The number of anilines is 1. The third-order valence-corrected chi connectivity index (χ3v) is 5.50. The topological polar surface area (TPSA) is 58.1 Å². The molecule has 3 aromatic rings. The SMILES string of the molecule is CC(Nc1nc(C(=O)N2CCCC2)c2sccc2n1)c1cccc(F)c1. The average Bonchev–Trinajstić information content (AvgIpc) is 3.32. The number of carbonyl (C=O) groups is 1. The molecule has 0 saturated carbocycles. The van der Waals surface area contributed by atoms with E-state index in [1.54, 1.807) is 6.07 Å². The fraction of sp³-hybridized carbons (Fsp3) is 0.316. The van der Waals surface area contributed by atoms with Crippen molar-refractivity contribution >= 4 is 33.4 Å². The van der Waals surface area contributed by atoms with Crippen LogP contribution in [0.2, 0.25) is 0 Å². The van der Waals surface area contributed by atoms with Crippen molar-refractivity contribution in [3.63, 3.8) is 0 Å². The van der Waals surface area contributed by atoms with Gasteiger partial charge in [0.2, 0.25) is 5.95 Å². The van der Waals surface area contributed by atoms with Gasteiger partial charge in [0.1, 0.15) is 5.82 Å². The largest absolute Gasteiger partial charge is 0.348 e. The molecule has 0 bridgehead atoms. The number of halogens is 1. The number of hydrogen-bond donors (Lipinski definition) is 1. The number of rotatable bonds is 4. The van der Waals surface area contributed by atoms with Crippen LogP contribution in [-0.4, -0.2) is 33.9 Å². The first-order valence-corrected chi connectivity index (χ1v) is 9.56. The van der Waals surface area contributed by atoms with E-state index in [9.17, 15) is 9.18 Å². The summed E-state index contributed by atoms with van der Waals surface area (Å²) in [5.74, 6) is 0.0595. The second kappa shape index (κ2) is 6.99. The highest BCUT2D eigenvalue weighted by Crippen LogP contribution is 2.27. The maximum Gasteiger partial charge on any atom is 0.274 e. The van der Waals surface area contributed by atoms with Crippen LogP contribution in [0.15, 0.2) is 35.7 Å². The van der Waals surface area contributed by atoms with Crippen LogP contribution in [0, 0.1) is 5.82 Å². The predicted octanol–water partition coefficient (Wildman–Crippen LogP) is 4.24. The van der Waals surface area contributed by atoms with Gasteiger partial charge in [0.15, 0.2) is 5.69 Å². The summed E-state index contributed by atoms with van der Waals surface area (Å²) in [5, 5.41) is 5.11. The van der Waals surface area contributed by atoms with Crippen molar-refractivity contribution in [2.24, 2.45) is 0 Å². The lowest BCUT2D eigenvalue weighted by Gasteiger charge is -2.17. The molecular formula is C19H19FN4OS. The van der Waals surface area contributed by atoms with Crippen LogP contribution in [0.3, 0.4) is 0 Å². The van der Waals surface area contributed by atoms with Gasteiger partial charge in [-0.05, 0) is 48.9 Å². The first kappa shape index (κ1) is 16.9. The second-order valence-corrected chi connectivity index (χ2v) is 7.37. The molecule has 3 heterocycles. The Morgan fingerprint density at radius 1 is 1.27 bits per heavy atom. The van der Waals surface area contributed by atoms with Gasteiger partial charge >= 0.3 is 0 Å². The molecule has 1 aliphatic rings. The van der Waals surface area contributed by atoms with Crippen LogP contribution >= 0.6 is 11.3 Å². The summed E-state index contributed by atoms with van der Waals surface area (Å²) < 4.78 is 14.3. The lowest BCUT2D eigenvalue weighted by atomic mass is 10.1. The van der Waals surface area contributed by atoms with Crippen molar-refractivity contribution in [2.75, 3.05) is 18.4 Å². The van der Waals surface area contributed by atoms with Gasteiger partial charge in [0, 0.05) is 13.1 Å². The molecule has 0 spiro atoms. The number of benzene rings is 1. The molecule has 1 aromatic carbocycles. The zero-order chi connectivity index (χ0) is 18.1. The van der Waals surface area contributed by atoms with Crippen molar-refractivity contribution in [3.05, 3.63) is 52.8 Å². The van der Waals surface area contributed by atoms with Crippen LogP contribution in [0.5, 0.6) is 0 Å². The monoisotopic (exact) mass is 370 g/mol. The molecule has 1 N–H and O–H groups in total. The van der Waals surface area contributed by atoms with E-state index in [1.165, 1.54) is 23.5 Å². The van der Waals surface area contributed by atoms with Crippen molar-refractivity contribution in [1.29, 1.82) is 0 Å². The van der Waals surface area contributed by atoms with E-state index in [4.69, 9.17) is 0 Å². The predicted molar refractivity (Wildman–Crippen MR) is 101 cm³/mol. The van der Waals surface area contributed by atoms with Crippen LogP contribution < -0.4 is 5.32 Å². The highest BCUT2D eigenvalue weighted by molar-refractivity contribution is 7.17. The lowest BCUT2D eigenvalue weighted by Crippen LogP contribution is -2.28. The van der Waals surface area contributed by atoms with E-state index < -0.39 is 0 Å². The average molecular weight is 370 g/mol. The van der Waals surface area contributed by atoms with Crippen LogP contribution in [-0.2, 0) is 0 Å². The molecule has 1 fully saturated rings. The van der Waals surface area contributed by atoms with Crippen molar-refractivity contribution in [1.82, 2.24) is 14.9 Å². The molecule has 0 aliphatic carbocycles.